The molecule has 0 radical (unpaired) electrons. The molecule has 2 saturated carbocycles. The molecule has 17 heavy (non-hydrogen) atoms. The molecule has 1 heterocycles. The number of rotatable bonds is 4. The second-order valence-corrected chi connectivity index (χ2v) is 6.03. The van der Waals surface area contributed by atoms with E-state index in [1.165, 1.54) is 0 Å². The molecular weight excluding hydrogens is 220 g/mol. The van der Waals surface area contributed by atoms with Crippen LogP contribution in [0, 0.1) is 10.8 Å². The van der Waals surface area contributed by atoms with Crippen LogP contribution in [0.5, 0.6) is 0 Å². The quantitative estimate of drug-likeness (QED) is 0.845. The molecule has 1 aromatic rings. The molecule has 2 aliphatic carbocycles. The predicted octanol–water partition coefficient (Wildman–Crippen LogP) is 1.05. The molecule has 0 aliphatic heterocycles. The average molecular weight is 236 g/mol. The Labute approximate surface area is 99.0 Å². The molecule has 1 N–H and O–H groups in total. The Bertz CT molecular complexity index is 476. The molecule has 0 bridgehead atoms. The molecule has 0 spiro atoms. The van der Waals surface area contributed by atoms with Crippen molar-refractivity contribution in [3.8, 4) is 0 Å². The van der Waals surface area contributed by atoms with Gasteiger partial charge in [-0.25, -0.2) is 4.68 Å². The lowest BCUT2D eigenvalue weighted by atomic mass is 10.1. The first-order valence-electron chi connectivity index (χ1n) is 5.94. The summed E-state index contributed by atoms with van der Waals surface area (Å²) >= 11 is 0. The Hall–Kier alpha value is -1.46. The fourth-order valence-electron chi connectivity index (χ4n) is 2.36. The predicted molar refractivity (Wildman–Crippen MR) is 58.3 cm³/mol. The number of aliphatic carboxylic acids is 1. The fourth-order valence-corrected chi connectivity index (χ4v) is 2.36. The summed E-state index contributed by atoms with van der Waals surface area (Å²) in [5.41, 5.74) is -0.352. The molecule has 6 heteroatoms. The van der Waals surface area contributed by atoms with Gasteiger partial charge in [-0.1, -0.05) is 13.8 Å². The van der Waals surface area contributed by atoms with Crippen LogP contribution in [-0.4, -0.2) is 31.3 Å². The van der Waals surface area contributed by atoms with Crippen LogP contribution < -0.4 is 0 Å². The van der Waals surface area contributed by atoms with Crippen LogP contribution in [-0.2, 0) is 11.3 Å². The van der Waals surface area contributed by atoms with Gasteiger partial charge >= 0.3 is 5.97 Å². The van der Waals surface area contributed by atoms with Crippen LogP contribution in [0.4, 0.5) is 0 Å². The molecule has 1 atom stereocenters. The van der Waals surface area contributed by atoms with Gasteiger partial charge in [0.05, 0.1) is 12.0 Å². The molecule has 3 rings (SSSR count). The van der Waals surface area contributed by atoms with Gasteiger partial charge in [0.1, 0.15) is 0 Å². The van der Waals surface area contributed by atoms with E-state index in [-0.39, 0.29) is 5.41 Å². The van der Waals surface area contributed by atoms with E-state index >= 15 is 0 Å². The van der Waals surface area contributed by atoms with Gasteiger partial charge < -0.3 is 5.11 Å². The highest BCUT2D eigenvalue weighted by Gasteiger charge is 2.54. The highest BCUT2D eigenvalue weighted by atomic mass is 16.4. The van der Waals surface area contributed by atoms with Crippen molar-refractivity contribution in [2.75, 3.05) is 0 Å². The molecule has 1 aromatic heterocycles. The fraction of sp³-hybridized carbons (Fsp3) is 0.818. The van der Waals surface area contributed by atoms with E-state index in [2.05, 4.69) is 29.4 Å². The Morgan fingerprint density at radius 1 is 1.53 bits per heavy atom. The molecule has 0 amide bonds. The second-order valence-electron chi connectivity index (χ2n) is 6.03. The first kappa shape index (κ1) is 10.7. The lowest BCUT2D eigenvalue weighted by Gasteiger charge is -2.11. The molecule has 6 nitrogen and oxygen atoms in total. The number of tetrazole rings is 1. The van der Waals surface area contributed by atoms with Crippen molar-refractivity contribution in [2.45, 2.75) is 45.6 Å². The van der Waals surface area contributed by atoms with Gasteiger partial charge in [-0.15, -0.1) is 5.10 Å². The zero-order valence-electron chi connectivity index (χ0n) is 10.1. The third kappa shape index (κ3) is 1.62. The molecule has 0 aromatic carbocycles. The summed E-state index contributed by atoms with van der Waals surface area (Å²) in [7, 11) is 0. The van der Waals surface area contributed by atoms with Crippen LogP contribution in [0.1, 0.15) is 44.9 Å². The van der Waals surface area contributed by atoms with E-state index in [1.807, 2.05) is 0 Å². The van der Waals surface area contributed by atoms with E-state index in [0.29, 0.717) is 12.5 Å². The number of carboxylic acid groups (broad SMARTS) is 1. The zero-order valence-corrected chi connectivity index (χ0v) is 10.1. The largest absolute Gasteiger partial charge is 0.481 e. The van der Waals surface area contributed by atoms with Crippen molar-refractivity contribution < 1.29 is 9.90 Å². The maximum Gasteiger partial charge on any atom is 0.311 e. The van der Waals surface area contributed by atoms with E-state index in [0.717, 1.165) is 25.1 Å². The minimum Gasteiger partial charge on any atom is -0.481 e. The van der Waals surface area contributed by atoms with E-state index in [9.17, 15) is 4.79 Å². The van der Waals surface area contributed by atoms with Crippen LogP contribution in [0.2, 0.25) is 0 Å². The minimum absolute atomic E-state index is 0.256. The van der Waals surface area contributed by atoms with Gasteiger partial charge in [-0.05, 0) is 35.1 Å². The topological polar surface area (TPSA) is 80.9 Å². The maximum absolute atomic E-state index is 11.2. The monoisotopic (exact) mass is 236 g/mol. The minimum atomic E-state index is -0.728. The van der Waals surface area contributed by atoms with Crippen molar-refractivity contribution in [1.29, 1.82) is 0 Å². The standard InChI is InChI=1S/C11H16N4O2/c1-10(2)5-7(10)8-12-13-14-15(8)6-11(3-4-11)9(16)17/h7H,3-6H2,1-2H3,(H,16,17). The Kier molecular flexibility index (Phi) is 1.92. The summed E-state index contributed by atoms with van der Waals surface area (Å²) in [5.74, 6) is 0.499. The van der Waals surface area contributed by atoms with Crippen molar-refractivity contribution in [3.63, 3.8) is 0 Å². The summed E-state index contributed by atoms with van der Waals surface area (Å²) in [6.07, 6.45) is 2.54. The summed E-state index contributed by atoms with van der Waals surface area (Å²) in [6, 6.07) is 0. The number of hydrogen-bond acceptors (Lipinski definition) is 4. The van der Waals surface area contributed by atoms with Gasteiger partial charge in [0.15, 0.2) is 5.82 Å². The zero-order chi connectivity index (χ0) is 12.3. The molecule has 2 aliphatic rings. The first-order valence-corrected chi connectivity index (χ1v) is 5.94. The second kappa shape index (κ2) is 3.05. The van der Waals surface area contributed by atoms with Crippen LogP contribution in [0.3, 0.4) is 0 Å². The Morgan fingerprint density at radius 3 is 2.65 bits per heavy atom. The summed E-state index contributed by atoms with van der Waals surface area (Å²) in [6.45, 7) is 4.78. The first-order chi connectivity index (χ1) is 7.95. The van der Waals surface area contributed by atoms with Crippen LogP contribution >= 0.6 is 0 Å². The van der Waals surface area contributed by atoms with Crippen molar-refractivity contribution in [3.05, 3.63) is 5.82 Å². The lowest BCUT2D eigenvalue weighted by molar-refractivity contribution is -0.144. The highest BCUT2D eigenvalue weighted by Crippen LogP contribution is 2.58. The van der Waals surface area contributed by atoms with Crippen LogP contribution in [0.15, 0.2) is 0 Å². The SMILES string of the molecule is CC1(C)CC1c1nnnn1CC1(C(=O)O)CC1. The number of hydrogen-bond donors (Lipinski definition) is 1. The van der Waals surface area contributed by atoms with Gasteiger partial charge in [0.2, 0.25) is 0 Å². The summed E-state index contributed by atoms with van der Waals surface area (Å²) in [5, 5.41) is 20.9. The summed E-state index contributed by atoms with van der Waals surface area (Å²) in [4.78, 5) is 11.2. The van der Waals surface area contributed by atoms with Gasteiger partial charge in [-0.3, -0.25) is 4.79 Å². The average Bonchev–Trinajstić information content (AvgIpc) is 3.07. The van der Waals surface area contributed by atoms with Crippen molar-refractivity contribution in [1.82, 2.24) is 20.2 Å². The Balaban J connectivity index is 1.81. The third-order valence-corrected chi connectivity index (χ3v) is 4.14. The van der Waals surface area contributed by atoms with Crippen molar-refractivity contribution >= 4 is 5.97 Å². The van der Waals surface area contributed by atoms with E-state index in [1.54, 1.807) is 4.68 Å². The Morgan fingerprint density at radius 2 is 2.18 bits per heavy atom. The molecule has 1 unspecified atom stereocenters. The number of carbonyl (C=O) groups is 1. The number of nitrogens with zero attached hydrogens (tertiary/aromatic N) is 4. The molecule has 2 fully saturated rings. The van der Waals surface area contributed by atoms with E-state index < -0.39 is 11.4 Å². The molecular formula is C11H16N4O2. The third-order valence-electron chi connectivity index (χ3n) is 4.14. The smallest absolute Gasteiger partial charge is 0.311 e. The highest BCUT2D eigenvalue weighted by molar-refractivity contribution is 5.77. The number of aromatic nitrogens is 4. The van der Waals surface area contributed by atoms with Crippen LogP contribution in [0.25, 0.3) is 0 Å². The van der Waals surface area contributed by atoms with Gasteiger partial charge in [-0.2, -0.15) is 0 Å². The lowest BCUT2D eigenvalue weighted by Crippen LogP contribution is -2.23. The normalized spacial score (nSPS) is 27.8. The van der Waals surface area contributed by atoms with E-state index in [4.69, 9.17) is 5.11 Å². The molecule has 0 saturated heterocycles. The molecule has 92 valence electrons. The van der Waals surface area contributed by atoms with Gasteiger partial charge in [0.25, 0.3) is 0 Å². The van der Waals surface area contributed by atoms with Crippen molar-refractivity contribution in [2.24, 2.45) is 10.8 Å². The maximum atomic E-state index is 11.2. The van der Waals surface area contributed by atoms with Gasteiger partial charge in [0, 0.05) is 5.92 Å². The summed E-state index contributed by atoms with van der Waals surface area (Å²) < 4.78 is 1.69. The number of carboxylic acids is 1.